The number of ether oxygens (including phenoxy) is 2. The van der Waals surface area contributed by atoms with Gasteiger partial charge in [0.25, 0.3) is 0 Å². The largest absolute Gasteiger partial charge is 0.464 e. The van der Waals surface area contributed by atoms with Crippen LogP contribution in [0.5, 0.6) is 0 Å². The molecule has 1 saturated heterocycles. The Hall–Kier alpha value is -2.48. The number of methoxy groups -OCH3 is 1. The van der Waals surface area contributed by atoms with E-state index in [1.165, 1.54) is 0 Å². The Kier molecular flexibility index (Phi) is 4.00. The summed E-state index contributed by atoms with van der Waals surface area (Å²) in [5.41, 5.74) is -4.01. The molecule has 4 nitrogen and oxygen atoms in total. The molecule has 2 aromatic rings. The van der Waals surface area contributed by atoms with Crippen LogP contribution in [0.15, 0.2) is 24.3 Å². The average Bonchev–Trinajstić information content (AvgIpc) is 2.52. The Morgan fingerprint density at radius 1 is 1.17 bits per heavy atom. The van der Waals surface area contributed by atoms with Gasteiger partial charge in [-0.15, -0.1) is 0 Å². The van der Waals surface area contributed by atoms with Gasteiger partial charge >= 0.3 is 5.97 Å². The second kappa shape index (κ2) is 5.86. The molecule has 8 heteroatoms. The van der Waals surface area contributed by atoms with E-state index in [1.807, 2.05) is 0 Å². The molecule has 0 saturated carbocycles. The van der Waals surface area contributed by atoms with Crippen molar-refractivity contribution in [3.63, 3.8) is 0 Å². The third-order valence-corrected chi connectivity index (χ3v) is 3.70. The van der Waals surface area contributed by atoms with Crippen LogP contribution in [0.1, 0.15) is 16.1 Å². The van der Waals surface area contributed by atoms with Crippen LogP contribution in [-0.2, 0) is 15.1 Å². The number of alkyl halides is 1. The van der Waals surface area contributed by atoms with Crippen molar-refractivity contribution >= 4 is 5.97 Å². The van der Waals surface area contributed by atoms with Crippen molar-refractivity contribution in [3.8, 4) is 11.3 Å². The highest BCUT2D eigenvalue weighted by Gasteiger charge is 2.41. The van der Waals surface area contributed by atoms with Gasteiger partial charge in [0, 0.05) is 0 Å². The number of carbonyl (C=O) groups is 1. The van der Waals surface area contributed by atoms with Crippen LogP contribution in [0.2, 0.25) is 0 Å². The summed E-state index contributed by atoms with van der Waals surface area (Å²) in [7, 11) is 1.09. The summed E-state index contributed by atoms with van der Waals surface area (Å²) in [6.07, 6.45) is 0. The molecule has 1 fully saturated rings. The summed E-state index contributed by atoms with van der Waals surface area (Å²) in [5, 5.41) is 0. The normalized spacial score (nSPS) is 15.7. The van der Waals surface area contributed by atoms with Crippen LogP contribution >= 0.6 is 0 Å². The van der Waals surface area contributed by atoms with Crippen LogP contribution in [0, 0.1) is 17.5 Å². The number of carbonyl (C=O) groups excluding carboxylic acids is 1. The summed E-state index contributed by atoms with van der Waals surface area (Å²) in [5.74, 6) is -4.30. The van der Waals surface area contributed by atoms with E-state index in [9.17, 15) is 22.4 Å². The summed E-state index contributed by atoms with van der Waals surface area (Å²) < 4.78 is 66.0. The quantitative estimate of drug-likeness (QED) is 0.636. The maximum Gasteiger partial charge on any atom is 0.356 e. The summed E-state index contributed by atoms with van der Waals surface area (Å²) in [6.45, 7) is -0.620. The van der Waals surface area contributed by atoms with Crippen LogP contribution in [0.4, 0.5) is 17.6 Å². The van der Waals surface area contributed by atoms with Crippen LogP contribution in [-0.4, -0.2) is 31.3 Å². The van der Waals surface area contributed by atoms with Crippen molar-refractivity contribution in [1.82, 2.24) is 4.98 Å². The highest BCUT2D eigenvalue weighted by Crippen LogP contribution is 2.37. The maximum atomic E-state index is 14.3. The Morgan fingerprint density at radius 3 is 2.29 bits per heavy atom. The zero-order valence-corrected chi connectivity index (χ0v) is 12.4. The van der Waals surface area contributed by atoms with Gasteiger partial charge in [0.1, 0.15) is 28.8 Å². The predicted octanol–water partition coefficient (Wildman–Crippen LogP) is 3.15. The molecule has 126 valence electrons. The number of nitrogens with zero attached hydrogens (tertiary/aromatic N) is 1. The number of hydrogen-bond acceptors (Lipinski definition) is 4. The number of benzene rings is 1. The van der Waals surface area contributed by atoms with E-state index in [1.54, 1.807) is 0 Å². The zero-order valence-electron chi connectivity index (χ0n) is 12.4. The molecule has 0 N–H and O–H groups in total. The smallest absolute Gasteiger partial charge is 0.356 e. The second-order valence-corrected chi connectivity index (χ2v) is 5.29. The molecule has 1 aromatic carbocycles. The van der Waals surface area contributed by atoms with E-state index in [0.717, 1.165) is 31.4 Å². The lowest BCUT2D eigenvalue weighted by Gasteiger charge is -2.34. The molecule has 0 bridgehead atoms. The number of esters is 1. The van der Waals surface area contributed by atoms with Crippen molar-refractivity contribution < 1.29 is 31.8 Å². The number of rotatable bonds is 3. The fraction of sp³-hybridized carbons (Fsp3) is 0.250. The fourth-order valence-corrected chi connectivity index (χ4v) is 2.34. The first-order valence-electron chi connectivity index (χ1n) is 6.87. The molecule has 1 aromatic heterocycles. The topological polar surface area (TPSA) is 48.4 Å². The summed E-state index contributed by atoms with van der Waals surface area (Å²) in [4.78, 5) is 15.1. The summed E-state index contributed by atoms with van der Waals surface area (Å²) in [6, 6.07) is 3.41. The highest BCUT2D eigenvalue weighted by molar-refractivity contribution is 5.87. The van der Waals surface area contributed by atoms with Gasteiger partial charge in [-0.2, -0.15) is 0 Å². The van der Waals surface area contributed by atoms with E-state index >= 15 is 0 Å². The molecule has 1 aliphatic rings. The number of hydrogen-bond donors (Lipinski definition) is 0. The Morgan fingerprint density at radius 2 is 1.79 bits per heavy atom. The van der Waals surface area contributed by atoms with E-state index < -0.39 is 40.3 Å². The molecule has 0 aliphatic carbocycles. The van der Waals surface area contributed by atoms with E-state index in [0.29, 0.717) is 0 Å². The predicted molar refractivity (Wildman–Crippen MR) is 74.5 cm³/mol. The first kappa shape index (κ1) is 16.4. The minimum Gasteiger partial charge on any atom is -0.464 e. The van der Waals surface area contributed by atoms with Gasteiger partial charge in [0.15, 0.2) is 5.67 Å². The fourth-order valence-electron chi connectivity index (χ4n) is 2.34. The van der Waals surface area contributed by atoms with Gasteiger partial charge in [-0.05, 0) is 29.8 Å². The van der Waals surface area contributed by atoms with Crippen LogP contribution < -0.4 is 0 Å². The second-order valence-electron chi connectivity index (χ2n) is 5.29. The molecule has 0 atom stereocenters. The molecule has 3 rings (SSSR count). The molecule has 24 heavy (non-hydrogen) atoms. The Balaban J connectivity index is 2.11. The Bertz CT molecular complexity index is 798. The molecule has 0 unspecified atom stereocenters. The monoisotopic (exact) mass is 341 g/mol. The lowest BCUT2D eigenvalue weighted by Crippen LogP contribution is -2.42. The molecule has 1 aliphatic heterocycles. The average molecular weight is 341 g/mol. The van der Waals surface area contributed by atoms with Crippen molar-refractivity contribution in [2.75, 3.05) is 20.3 Å². The molecule has 2 heterocycles. The third-order valence-electron chi connectivity index (χ3n) is 3.70. The number of pyridine rings is 1. The molecule has 0 radical (unpaired) electrons. The molecule has 0 spiro atoms. The minimum absolute atomic E-state index is 0.239. The van der Waals surface area contributed by atoms with E-state index in [2.05, 4.69) is 9.72 Å². The third kappa shape index (κ3) is 2.62. The lowest BCUT2D eigenvalue weighted by molar-refractivity contribution is -0.135. The number of halogens is 4. The van der Waals surface area contributed by atoms with Crippen molar-refractivity contribution in [2.24, 2.45) is 0 Å². The minimum atomic E-state index is -1.97. The lowest BCUT2D eigenvalue weighted by atomic mass is 9.92. The van der Waals surface area contributed by atoms with E-state index in [4.69, 9.17) is 4.74 Å². The Labute approximate surface area is 134 Å². The van der Waals surface area contributed by atoms with Crippen molar-refractivity contribution in [2.45, 2.75) is 5.67 Å². The van der Waals surface area contributed by atoms with Gasteiger partial charge in [-0.25, -0.2) is 27.3 Å². The van der Waals surface area contributed by atoms with Gasteiger partial charge in [-0.3, -0.25) is 0 Å². The van der Waals surface area contributed by atoms with Crippen molar-refractivity contribution in [3.05, 3.63) is 53.0 Å². The van der Waals surface area contributed by atoms with Gasteiger partial charge in [-0.1, -0.05) is 0 Å². The summed E-state index contributed by atoms with van der Waals surface area (Å²) >= 11 is 0. The molecule has 0 amide bonds. The van der Waals surface area contributed by atoms with Crippen molar-refractivity contribution in [1.29, 1.82) is 0 Å². The van der Waals surface area contributed by atoms with E-state index in [-0.39, 0.29) is 24.5 Å². The number of aromatic nitrogens is 1. The standard InChI is InChI=1S/C16H11F4NO3/c1-23-15(22)12-3-2-9(17)14(21-12)13-10(18)4-8(5-11(13)19)16(20)6-24-7-16/h2-5H,6-7H2,1H3. The zero-order chi connectivity index (χ0) is 17.5. The molecular formula is C16H11F4NO3. The van der Waals surface area contributed by atoms with Crippen LogP contribution in [0.3, 0.4) is 0 Å². The van der Waals surface area contributed by atoms with Gasteiger partial charge in [0.05, 0.1) is 25.9 Å². The highest BCUT2D eigenvalue weighted by atomic mass is 19.2. The van der Waals surface area contributed by atoms with Gasteiger partial charge < -0.3 is 9.47 Å². The SMILES string of the molecule is COC(=O)c1ccc(F)c(-c2c(F)cc(C3(F)COC3)cc2F)n1. The van der Waals surface area contributed by atoms with Gasteiger partial charge in [0.2, 0.25) is 0 Å². The van der Waals surface area contributed by atoms with Crippen LogP contribution in [0.25, 0.3) is 11.3 Å². The molecular weight excluding hydrogens is 330 g/mol. The first-order chi connectivity index (χ1) is 11.4. The maximum absolute atomic E-state index is 14.3. The first-order valence-corrected chi connectivity index (χ1v) is 6.87.